The molecule has 2 amide bonds. The Morgan fingerprint density at radius 1 is 1.36 bits per heavy atom. The lowest BCUT2D eigenvalue weighted by molar-refractivity contribution is -0.131. The third kappa shape index (κ3) is 5.19. The molecule has 0 aliphatic rings. The second kappa shape index (κ2) is 8.81. The highest BCUT2D eigenvalue weighted by atomic mass is 16.5. The summed E-state index contributed by atoms with van der Waals surface area (Å²) in [6.45, 7) is 3.90. The first kappa shape index (κ1) is 17.7. The van der Waals surface area contributed by atoms with Crippen molar-refractivity contribution >= 4 is 11.8 Å². The van der Waals surface area contributed by atoms with Crippen molar-refractivity contribution < 1.29 is 19.5 Å². The van der Waals surface area contributed by atoms with Crippen LogP contribution in [0.1, 0.15) is 24.2 Å². The Morgan fingerprint density at radius 2 is 2.00 bits per heavy atom. The van der Waals surface area contributed by atoms with Gasteiger partial charge in [0.1, 0.15) is 18.4 Å². The van der Waals surface area contributed by atoms with E-state index in [1.54, 1.807) is 31.2 Å². The predicted octanol–water partition coefficient (Wildman–Crippen LogP) is 0.593. The molecule has 7 heteroatoms. The van der Waals surface area contributed by atoms with Crippen LogP contribution in [0.2, 0.25) is 0 Å². The molecule has 0 heterocycles. The van der Waals surface area contributed by atoms with Crippen LogP contribution in [0.25, 0.3) is 0 Å². The highest BCUT2D eigenvalue weighted by Gasteiger charge is 2.24. The molecule has 2 atom stereocenters. The standard InChI is InChI=1S/C15H21N3O4/c1-3-4-9-22-12-7-5-11(6-8-12)14(19)17-13(10(2)16)15(20)18-21/h3-8,10,13,21H,9,16H2,1-2H3,(H,17,19)(H,18,20)/b4-3+/t10-,13+/m1/s1. The van der Waals surface area contributed by atoms with Crippen LogP contribution in [0.4, 0.5) is 0 Å². The van der Waals surface area contributed by atoms with E-state index in [1.165, 1.54) is 5.48 Å². The number of rotatable bonds is 7. The largest absolute Gasteiger partial charge is 0.490 e. The summed E-state index contributed by atoms with van der Waals surface area (Å²) in [4.78, 5) is 23.5. The first-order chi connectivity index (χ1) is 10.5. The predicted molar refractivity (Wildman–Crippen MR) is 81.6 cm³/mol. The fourth-order valence-corrected chi connectivity index (χ4v) is 1.67. The number of hydrogen-bond donors (Lipinski definition) is 4. The molecule has 0 aliphatic carbocycles. The second-order valence-electron chi connectivity index (χ2n) is 4.69. The highest BCUT2D eigenvalue weighted by Crippen LogP contribution is 2.12. The van der Waals surface area contributed by atoms with Crippen LogP contribution in [0, 0.1) is 0 Å². The maximum absolute atomic E-state index is 12.1. The molecule has 1 aromatic rings. The van der Waals surface area contributed by atoms with Crippen molar-refractivity contribution in [3.63, 3.8) is 0 Å². The van der Waals surface area contributed by atoms with Crippen LogP contribution >= 0.6 is 0 Å². The van der Waals surface area contributed by atoms with Gasteiger partial charge in [-0.1, -0.05) is 12.2 Å². The Kier molecular flexibility index (Phi) is 7.07. The van der Waals surface area contributed by atoms with Gasteiger partial charge in [-0.25, -0.2) is 5.48 Å². The van der Waals surface area contributed by atoms with Crippen molar-refractivity contribution in [3.8, 4) is 5.75 Å². The van der Waals surface area contributed by atoms with Crippen LogP contribution < -0.4 is 21.3 Å². The van der Waals surface area contributed by atoms with E-state index in [4.69, 9.17) is 15.7 Å². The molecule has 22 heavy (non-hydrogen) atoms. The minimum Gasteiger partial charge on any atom is -0.490 e. The fourth-order valence-electron chi connectivity index (χ4n) is 1.67. The molecule has 1 aromatic carbocycles. The Balaban J connectivity index is 2.70. The Morgan fingerprint density at radius 3 is 2.50 bits per heavy atom. The van der Waals surface area contributed by atoms with Crippen molar-refractivity contribution in [2.75, 3.05) is 6.61 Å². The second-order valence-corrected chi connectivity index (χ2v) is 4.69. The van der Waals surface area contributed by atoms with Crippen molar-refractivity contribution in [1.29, 1.82) is 0 Å². The number of allylic oxidation sites excluding steroid dienone is 1. The van der Waals surface area contributed by atoms with Crippen LogP contribution in [-0.2, 0) is 4.79 Å². The van der Waals surface area contributed by atoms with Gasteiger partial charge in [-0.05, 0) is 38.1 Å². The molecule has 0 aromatic heterocycles. The van der Waals surface area contributed by atoms with E-state index in [0.717, 1.165) is 0 Å². The number of nitrogens with two attached hydrogens (primary N) is 1. The molecule has 0 bridgehead atoms. The van der Waals surface area contributed by atoms with Crippen LogP contribution in [0.15, 0.2) is 36.4 Å². The minimum absolute atomic E-state index is 0.356. The van der Waals surface area contributed by atoms with E-state index < -0.39 is 23.9 Å². The van der Waals surface area contributed by atoms with Gasteiger partial charge < -0.3 is 15.8 Å². The van der Waals surface area contributed by atoms with E-state index >= 15 is 0 Å². The third-order valence-corrected chi connectivity index (χ3v) is 2.90. The lowest BCUT2D eigenvalue weighted by Crippen LogP contribution is -2.54. The molecule has 0 saturated carbocycles. The molecule has 0 radical (unpaired) electrons. The third-order valence-electron chi connectivity index (χ3n) is 2.90. The normalized spacial score (nSPS) is 13.5. The Hall–Kier alpha value is -2.38. The summed E-state index contributed by atoms with van der Waals surface area (Å²) in [6.07, 6.45) is 3.74. The molecular formula is C15H21N3O4. The maximum atomic E-state index is 12.1. The van der Waals surface area contributed by atoms with Crippen LogP contribution in [-0.4, -0.2) is 35.7 Å². The maximum Gasteiger partial charge on any atom is 0.267 e. The first-order valence-corrected chi connectivity index (χ1v) is 6.84. The smallest absolute Gasteiger partial charge is 0.267 e. The zero-order valence-electron chi connectivity index (χ0n) is 12.6. The van der Waals surface area contributed by atoms with Gasteiger partial charge in [0, 0.05) is 11.6 Å². The van der Waals surface area contributed by atoms with Gasteiger partial charge in [0.2, 0.25) is 0 Å². The topological polar surface area (TPSA) is 114 Å². The Labute approximate surface area is 129 Å². The molecule has 120 valence electrons. The first-order valence-electron chi connectivity index (χ1n) is 6.84. The summed E-state index contributed by atoms with van der Waals surface area (Å²) in [5, 5.41) is 11.1. The number of carbonyl (C=O) groups is 2. The van der Waals surface area contributed by atoms with Crippen LogP contribution in [0.5, 0.6) is 5.75 Å². The number of nitrogens with one attached hydrogen (secondary N) is 2. The van der Waals surface area contributed by atoms with E-state index in [9.17, 15) is 9.59 Å². The number of benzene rings is 1. The van der Waals surface area contributed by atoms with E-state index in [1.807, 2.05) is 19.1 Å². The molecular weight excluding hydrogens is 286 g/mol. The fraction of sp³-hybridized carbons (Fsp3) is 0.333. The van der Waals surface area contributed by atoms with Crippen molar-refractivity contribution in [1.82, 2.24) is 10.8 Å². The molecule has 7 nitrogen and oxygen atoms in total. The van der Waals surface area contributed by atoms with Gasteiger partial charge in [-0.15, -0.1) is 0 Å². The van der Waals surface area contributed by atoms with Gasteiger partial charge in [-0.2, -0.15) is 0 Å². The van der Waals surface area contributed by atoms with E-state index in [-0.39, 0.29) is 0 Å². The van der Waals surface area contributed by atoms with Gasteiger partial charge in [0.05, 0.1) is 0 Å². The SMILES string of the molecule is C/C=C/COc1ccc(C(=O)N[C@H](C(=O)NO)[C@@H](C)N)cc1. The molecule has 0 saturated heterocycles. The monoisotopic (exact) mass is 307 g/mol. The lowest BCUT2D eigenvalue weighted by Gasteiger charge is -2.20. The van der Waals surface area contributed by atoms with Gasteiger partial charge in [0.25, 0.3) is 11.8 Å². The molecule has 0 unspecified atom stereocenters. The average molecular weight is 307 g/mol. The van der Waals surface area contributed by atoms with Gasteiger partial charge in [-0.3, -0.25) is 14.8 Å². The van der Waals surface area contributed by atoms with Crippen molar-refractivity contribution in [2.45, 2.75) is 25.9 Å². The summed E-state index contributed by atoms with van der Waals surface area (Å²) in [6, 6.07) is 4.80. The molecule has 1 rings (SSSR count). The summed E-state index contributed by atoms with van der Waals surface area (Å²) in [7, 11) is 0. The molecule has 5 N–H and O–H groups in total. The number of hydroxylamine groups is 1. The summed E-state index contributed by atoms with van der Waals surface area (Å²) >= 11 is 0. The summed E-state index contributed by atoms with van der Waals surface area (Å²) in [5.41, 5.74) is 7.46. The van der Waals surface area contributed by atoms with E-state index in [0.29, 0.717) is 17.9 Å². The van der Waals surface area contributed by atoms with E-state index in [2.05, 4.69) is 5.32 Å². The summed E-state index contributed by atoms with van der Waals surface area (Å²) in [5.74, 6) is -0.605. The number of carbonyl (C=O) groups excluding carboxylic acids is 2. The van der Waals surface area contributed by atoms with Crippen LogP contribution in [0.3, 0.4) is 0 Å². The number of ether oxygens (including phenoxy) is 1. The number of amides is 2. The quantitative estimate of drug-likeness (QED) is 0.334. The van der Waals surface area contributed by atoms with Gasteiger partial charge >= 0.3 is 0 Å². The van der Waals surface area contributed by atoms with Crippen molar-refractivity contribution in [2.24, 2.45) is 5.73 Å². The lowest BCUT2D eigenvalue weighted by atomic mass is 10.1. The average Bonchev–Trinajstić information content (AvgIpc) is 2.52. The highest BCUT2D eigenvalue weighted by molar-refractivity contribution is 5.97. The zero-order chi connectivity index (χ0) is 16.5. The van der Waals surface area contributed by atoms with Crippen molar-refractivity contribution in [3.05, 3.63) is 42.0 Å². The zero-order valence-corrected chi connectivity index (χ0v) is 12.6. The van der Waals surface area contributed by atoms with Gasteiger partial charge in [0.15, 0.2) is 0 Å². The molecule has 0 fully saturated rings. The Bertz CT molecular complexity index is 526. The molecule has 0 aliphatic heterocycles. The minimum atomic E-state index is -1.02. The number of hydrogen-bond acceptors (Lipinski definition) is 5. The molecule has 0 spiro atoms. The summed E-state index contributed by atoms with van der Waals surface area (Å²) < 4.78 is 5.42.